The Morgan fingerprint density at radius 2 is 1.46 bits per heavy atom. The molecule has 0 saturated heterocycles. The number of rotatable bonds is 8. The Morgan fingerprint density at radius 1 is 0.962 bits per heavy atom. The van der Waals surface area contributed by atoms with Gasteiger partial charge in [-0.15, -0.1) is 0 Å². The first-order valence-corrected chi connectivity index (χ1v) is 10.1. The fourth-order valence-electron chi connectivity index (χ4n) is 1.91. The lowest BCUT2D eigenvalue weighted by molar-refractivity contribution is 0.0487. The van der Waals surface area contributed by atoms with Crippen molar-refractivity contribution in [3.05, 3.63) is 0 Å². The average Bonchev–Trinajstić information content (AvgIpc) is 2.35. The fraction of sp³-hybridized carbons (Fsp3) is 0.875. The van der Waals surface area contributed by atoms with Crippen molar-refractivity contribution in [2.75, 3.05) is 12.3 Å². The van der Waals surface area contributed by atoms with Crippen LogP contribution in [0.3, 0.4) is 0 Å². The highest BCUT2D eigenvalue weighted by molar-refractivity contribution is 7.85. The standard InChI is InChI=1S/C16H32N2O7S/c1-15(2,3)24-13(19)17-10-7-8-12(9-11-26(21,22)23)18-14(20)25-16(4,5)6/h12H,7-11H2,1-6H3,(H,17,19)(H,18,20)(H,21,22,23)/t12-/m0/s1. The lowest BCUT2D eigenvalue weighted by Gasteiger charge is -2.24. The second-order valence-electron chi connectivity index (χ2n) is 7.99. The van der Waals surface area contributed by atoms with E-state index in [4.69, 9.17) is 14.0 Å². The molecular weight excluding hydrogens is 364 g/mol. The molecule has 0 aromatic rings. The number of nitrogens with one attached hydrogen (secondary N) is 2. The van der Waals surface area contributed by atoms with E-state index in [1.165, 1.54) is 0 Å². The molecule has 1 atom stereocenters. The number of hydrogen-bond acceptors (Lipinski definition) is 6. The molecule has 0 rings (SSSR count). The zero-order chi connectivity index (χ0) is 20.6. The molecule has 0 aromatic heterocycles. The topological polar surface area (TPSA) is 131 Å². The Balaban J connectivity index is 4.48. The van der Waals surface area contributed by atoms with Gasteiger partial charge in [-0.05, 0) is 60.8 Å². The molecule has 26 heavy (non-hydrogen) atoms. The second kappa shape index (κ2) is 9.96. The summed E-state index contributed by atoms with van der Waals surface area (Å²) in [4.78, 5) is 23.4. The number of amides is 2. The van der Waals surface area contributed by atoms with Crippen LogP contribution in [-0.4, -0.2) is 54.7 Å². The van der Waals surface area contributed by atoms with Gasteiger partial charge in [0.05, 0.1) is 5.75 Å². The maximum atomic E-state index is 11.9. The number of alkyl carbamates (subject to hydrolysis) is 2. The molecule has 0 fully saturated rings. The molecule has 0 aromatic carbocycles. The van der Waals surface area contributed by atoms with E-state index in [1.807, 2.05) is 0 Å². The van der Waals surface area contributed by atoms with E-state index in [-0.39, 0.29) is 6.42 Å². The molecule has 9 nitrogen and oxygen atoms in total. The van der Waals surface area contributed by atoms with Gasteiger partial charge in [-0.25, -0.2) is 9.59 Å². The maximum absolute atomic E-state index is 11.9. The zero-order valence-electron chi connectivity index (χ0n) is 16.4. The predicted octanol–water partition coefficient (Wildman–Crippen LogP) is 2.46. The second-order valence-corrected chi connectivity index (χ2v) is 9.56. The zero-order valence-corrected chi connectivity index (χ0v) is 17.2. The highest BCUT2D eigenvalue weighted by Crippen LogP contribution is 2.10. The molecule has 154 valence electrons. The lowest BCUT2D eigenvalue weighted by atomic mass is 10.1. The van der Waals surface area contributed by atoms with Gasteiger partial charge in [0.2, 0.25) is 0 Å². The SMILES string of the molecule is CC(C)(C)OC(=O)NCCC[C@@H](CCS(=O)(=O)O)NC(=O)OC(C)(C)C. The minimum absolute atomic E-state index is 0.0323. The fourth-order valence-corrected chi connectivity index (χ4v) is 2.49. The summed E-state index contributed by atoms with van der Waals surface area (Å²) in [6, 6.07) is -0.521. The van der Waals surface area contributed by atoms with E-state index >= 15 is 0 Å². The van der Waals surface area contributed by atoms with Crippen molar-refractivity contribution in [1.82, 2.24) is 10.6 Å². The van der Waals surface area contributed by atoms with Gasteiger partial charge in [0, 0.05) is 12.6 Å². The van der Waals surface area contributed by atoms with Crippen molar-refractivity contribution in [2.24, 2.45) is 0 Å². The van der Waals surface area contributed by atoms with Crippen LogP contribution in [0, 0.1) is 0 Å². The van der Waals surface area contributed by atoms with E-state index in [2.05, 4.69) is 10.6 Å². The van der Waals surface area contributed by atoms with Crippen molar-refractivity contribution in [1.29, 1.82) is 0 Å². The number of carbonyl (C=O) groups excluding carboxylic acids is 2. The minimum atomic E-state index is -4.14. The predicted molar refractivity (Wildman–Crippen MR) is 97.7 cm³/mol. The first-order chi connectivity index (χ1) is 11.6. The van der Waals surface area contributed by atoms with Gasteiger partial charge in [0.1, 0.15) is 11.2 Å². The van der Waals surface area contributed by atoms with Crippen molar-refractivity contribution in [2.45, 2.75) is 78.0 Å². The highest BCUT2D eigenvalue weighted by atomic mass is 32.2. The number of hydrogen-bond donors (Lipinski definition) is 3. The molecule has 0 bridgehead atoms. The molecular formula is C16H32N2O7S. The van der Waals surface area contributed by atoms with Gasteiger partial charge in [-0.2, -0.15) is 8.42 Å². The Labute approximate surface area is 155 Å². The van der Waals surface area contributed by atoms with Gasteiger partial charge >= 0.3 is 12.2 Å². The van der Waals surface area contributed by atoms with Crippen LogP contribution in [0.25, 0.3) is 0 Å². The molecule has 0 spiro atoms. The molecule has 0 aliphatic heterocycles. The molecule has 0 radical (unpaired) electrons. The van der Waals surface area contributed by atoms with E-state index in [0.717, 1.165) is 0 Å². The van der Waals surface area contributed by atoms with Crippen LogP contribution in [0.4, 0.5) is 9.59 Å². The summed E-state index contributed by atoms with van der Waals surface area (Å²) in [5.74, 6) is -0.479. The summed E-state index contributed by atoms with van der Waals surface area (Å²) < 4.78 is 41.0. The third kappa shape index (κ3) is 15.9. The monoisotopic (exact) mass is 396 g/mol. The average molecular weight is 397 g/mol. The van der Waals surface area contributed by atoms with E-state index < -0.39 is 45.3 Å². The Kier molecular flexibility index (Phi) is 9.36. The number of ether oxygens (including phenoxy) is 2. The summed E-state index contributed by atoms with van der Waals surface area (Å²) >= 11 is 0. The molecule has 3 N–H and O–H groups in total. The van der Waals surface area contributed by atoms with Crippen LogP contribution < -0.4 is 10.6 Å². The Hall–Kier alpha value is -1.55. The first kappa shape index (κ1) is 24.5. The summed E-state index contributed by atoms with van der Waals surface area (Å²) in [6.45, 7) is 10.7. The van der Waals surface area contributed by atoms with Gasteiger partial charge in [0.15, 0.2) is 0 Å². The van der Waals surface area contributed by atoms with Crippen molar-refractivity contribution in [3.8, 4) is 0 Å². The van der Waals surface area contributed by atoms with Crippen LogP contribution in [0.15, 0.2) is 0 Å². The van der Waals surface area contributed by atoms with Crippen LogP contribution >= 0.6 is 0 Å². The van der Waals surface area contributed by atoms with Crippen LogP contribution in [0.2, 0.25) is 0 Å². The van der Waals surface area contributed by atoms with E-state index in [1.54, 1.807) is 41.5 Å². The van der Waals surface area contributed by atoms with Crippen LogP contribution in [-0.2, 0) is 19.6 Å². The molecule has 0 aliphatic carbocycles. The molecule has 0 saturated carbocycles. The normalized spacial score (nSPS) is 13.7. The summed E-state index contributed by atoms with van der Waals surface area (Å²) in [5, 5.41) is 5.18. The molecule has 0 unspecified atom stereocenters. The maximum Gasteiger partial charge on any atom is 0.407 e. The van der Waals surface area contributed by atoms with Gasteiger partial charge < -0.3 is 20.1 Å². The third-order valence-corrected chi connectivity index (χ3v) is 3.59. The van der Waals surface area contributed by atoms with Crippen LogP contribution in [0.5, 0.6) is 0 Å². The Bertz CT molecular complexity index is 562. The third-order valence-electron chi connectivity index (χ3n) is 2.84. The minimum Gasteiger partial charge on any atom is -0.444 e. The van der Waals surface area contributed by atoms with Crippen molar-refractivity contribution in [3.63, 3.8) is 0 Å². The summed E-state index contributed by atoms with van der Waals surface area (Å²) in [6.07, 6.45) is -0.315. The molecule has 0 aliphatic rings. The summed E-state index contributed by atoms with van der Waals surface area (Å²) in [5.41, 5.74) is -1.28. The molecule has 10 heteroatoms. The molecule has 0 heterocycles. The largest absolute Gasteiger partial charge is 0.444 e. The number of carbonyl (C=O) groups is 2. The summed E-state index contributed by atoms with van der Waals surface area (Å²) in [7, 11) is -4.14. The van der Waals surface area contributed by atoms with E-state index in [0.29, 0.717) is 19.4 Å². The van der Waals surface area contributed by atoms with Crippen LogP contribution in [0.1, 0.15) is 60.8 Å². The van der Waals surface area contributed by atoms with Crippen molar-refractivity contribution >= 4 is 22.3 Å². The highest BCUT2D eigenvalue weighted by Gasteiger charge is 2.21. The Morgan fingerprint density at radius 3 is 1.92 bits per heavy atom. The van der Waals surface area contributed by atoms with E-state index in [9.17, 15) is 18.0 Å². The molecule has 2 amide bonds. The lowest BCUT2D eigenvalue weighted by Crippen LogP contribution is -2.40. The smallest absolute Gasteiger partial charge is 0.407 e. The van der Waals surface area contributed by atoms with Gasteiger partial charge in [-0.3, -0.25) is 4.55 Å². The van der Waals surface area contributed by atoms with Gasteiger partial charge in [-0.1, -0.05) is 0 Å². The quantitative estimate of drug-likeness (QED) is 0.424. The van der Waals surface area contributed by atoms with Crippen molar-refractivity contribution < 1.29 is 32.0 Å². The first-order valence-electron chi connectivity index (χ1n) is 8.49. The van der Waals surface area contributed by atoms with Gasteiger partial charge in [0.25, 0.3) is 10.1 Å².